The van der Waals surface area contributed by atoms with Crippen LogP contribution in [0.4, 0.5) is 0 Å². The van der Waals surface area contributed by atoms with Crippen molar-refractivity contribution in [3.05, 3.63) is 34.3 Å². The van der Waals surface area contributed by atoms with E-state index in [1.54, 1.807) is 0 Å². The first-order valence-electron chi connectivity index (χ1n) is 7.67. The smallest absolute Gasteiger partial charge is 0.224 e. The normalized spacial score (nSPS) is 14.0. The van der Waals surface area contributed by atoms with Crippen LogP contribution < -0.4 is 5.73 Å². The van der Waals surface area contributed by atoms with Crippen LogP contribution in [0.1, 0.15) is 52.1 Å². The fourth-order valence-electron chi connectivity index (χ4n) is 2.31. The molecule has 0 bridgehead atoms. The van der Waals surface area contributed by atoms with Gasteiger partial charge in [-0.1, -0.05) is 54.9 Å². The number of hydrogen-bond donors (Lipinski definition) is 1. The van der Waals surface area contributed by atoms with Gasteiger partial charge in [0.05, 0.1) is 6.04 Å². The second-order valence-corrected chi connectivity index (χ2v) is 6.75. The van der Waals surface area contributed by atoms with E-state index in [2.05, 4.69) is 49.7 Å². The van der Waals surface area contributed by atoms with E-state index in [1.165, 1.54) is 0 Å². The van der Waals surface area contributed by atoms with Crippen LogP contribution in [-0.2, 0) is 4.79 Å². The molecular weight excluding hydrogens is 328 g/mol. The summed E-state index contributed by atoms with van der Waals surface area (Å²) >= 11 is 3.58. The van der Waals surface area contributed by atoms with Crippen LogP contribution in [0.2, 0.25) is 0 Å². The Morgan fingerprint density at radius 1 is 1.29 bits per heavy atom. The Morgan fingerprint density at radius 2 is 1.90 bits per heavy atom. The molecule has 0 saturated carbocycles. The van der Waals surface area contributed by atoms with Crippen molar-refractivity contribution in [3.8, 4) is 0 Å². The minimum Gasteiger partial charge on any atom is -0.336 e. The van der Waals surface area contributed by atoms with E-state index in [0.29, 0.717) is 12.3 Å². The Kier molecular flexibility index (Phi) is 7.40. The van der Waals surface area contributed by atoms with Gasteiger partial charge in [-0.2, -0.15) is 0 Å². The van der Waals surface area contributed by atoms with E-state index in [9.17, 15) is 4.79 Å². The van der Waals surface area contributed by atoms with Gasteiger partial charge in [-0.05, 0) is 30.9 Å². The van der Waals surface area contributed by atoms with Crippen LogP contribution >= 0.6 is 15.9 Å². The zero-order chi connectivity index (χ0) is 16.0. The van der Waals surface area contributed by atoms with Gasteiger partial charge in [-0.25, -0.2) is 0 Å². The van der Waals surface area contributed by atoms with Gasteiger partial charge in [0.25, 0.3) is 0 Å². The van der Waals surface area contributed by atoms with Crippen molar-refractivity contribution in [2.45, 2.75) is 52.6 Å². The van der Waals surface area contributed by atoms with Gasteiger partial charge in [0.1, 0.15) is 0 Å². The Balaban J connectivity index is 2.90. The molecule has 2 atom stereocenters. The Bertz CT molecular complexity index is 462. The average Bonchev–Trinajstić information content (AvgIpc) is 2.44. The molecule has 0 saturated heterocycles. The maximum atomic E-state index is 12.6. The lowest BCUT2D eigenvalue weighted by Gasteiger charge is -2.31. The van der Waals surface area contributed by atoms with Crippen LogP contribution in [0.15, 0.2) is 28.7 Å². The SMILES string of the molecule is CCCN(C(=O)CC(N)C(C)C)C(C)c1ccccc1Br. The van der Waals surface area contributed by atoms with E-state index in [1.807, 2.05) is 23.1 Å². The Morgan fingerprint density at radius 3 is 2.43 bits per heavy atom. The lowest BCUT2D eigenvalue weighted by atomic mass is 10.00. The quantitative estimate of drug-likeness (QED) is 0.800. The first kappa shape index (κ1) is 18.2. The molecule has 4 heteroatoms. The number of carbonyl (C=O) groups is 1. The van der Waals surface area contributed by atoms with Gasteiger partial charge in [0, 0.05) is 23.5 Å². The topological polar surface area (TPSA) is 46.3 Å². The van der Waals surface area contributed by atoms with Crippen molar-refractivity contribution in [2.24, 2.45) is 11.7 Å². The summed E-state index contributed by atoms with van der Waals surface area (Å²) in [4.78, 5) is 14.6. The molecule has 21 heavy (non-hydrogen) atoms. The third kappa shape index (κ3) is 5.11. The third-order valence-corrected chi connectivity index (χ3v) is 4.60. The van der Waals surface area contributed by atoms with Gasteiger partial charge < -0.3 is 10.6 Å². The summed E-state index contributed by atoms with van der Waals surface area (Å²) in [7, 11) is 0. The average molecular weight is 355 g/mol. The number of rotatable bonds is 7. The number of nitrogens with zero attached hydrogens (tertiary/aromatic N) is 1. The molecule has 2 unspecified atom stereocenters. The van der Waals surface area contributed by atoms with E-state index in [4.69, 9.17) is 5.73 Å². The van der Waals surface area contributed by atoms with E-state index in [0.717, 1.165) is 23.0 Å². The lowest BCUT2D eigenvalue weighted by Crippen LogP contribution is -2.39. The maximum Gasteiger partial charge on any atom is 0.224 e. The predicted octanol–water partition coefficient (Wildman–Crippen LogP) is 4.12. The molecule has 1 aromatic rings. The Labute approximate surface area is 137 Å². The number of halogens is 1. The van der Waals surface area contributed by atoms with Gasteiger partial charge in [-0.3, -0.25) is 4.79 Å². The van der Waals surface area contributed by atoms with Crippen LogP contribution in [0.25, 0.3) is 0 Å². The maximum absolute atomic E-state index is 12.6. The summed E-state index contributed by atoms with van der Waals surface area (Å²) in [5.41, 5.74) is 7.20. The number of hydrogen-bond acceptors (Lipinski definition) is 2. The first-order valence-corrected chi connectivity index (χ1v) is 8.47. The summed E-state index contributed by atoms with van der Waals surface area (Å²) in [6.45, 7) is 9.04. The fraction of sp³-hybridized carbons (Fsp3) is 0.588. The lowest BCUT2D eigenvalue weighted by molar-refractivity contribution is -0.134. The highest BCUT2D eigenvalue weighted by molar-refractivity contribution is 9.10. The van der Waals surface area contributed by atoms with E-state index in [-0.39, 0.29) is 18.0 Å². The van der Waals surface area contributed by atoms with Crippen LogP contribution in [0, 0.1) is 5.92 Å². The molecule has 1 rings (SSSR count). The highest BCUT2D eigenvalue weighted by Gasteiger charge is 2.24. The van der Waals surface area contributed by atoms with Crippen molar-refractivity contribution in [1.29, 1.82) is 0 Å². The molecule has 3 nitrogen and oxygen atoms in total. The van der Waals surface area contributed by atoms with E-state index < -0.39 is 0 Å². The van der Waals surface area contributed by atoms with Crippen LogP contribution in [-0.4, -0.2) is 23.4 Å². The third-order valence-electron chi connectivity index (χ3n) is 3.87. The molecule has 1 aromatic carbocycles. The molecule has 1 amide bonds. The second kappa shape index (κ2) is 8.54. The summed E-state index contributed by atoms with van der Waals surface area (Å²) in [6.07, 6.45) is 1.35. The molecule has 0 aliphatic heterocycles. The highest BCUT2D eigenvalue weighted by atomic mass is 79.9. The fourth-order valence-corrected chi connectivity index (χ4v) is 2.93. The summed E-state index contributed by atoms with van der Waals surface area (Å²) in [5, 5.41) is 0. The number of nitrogens with two attached hydrogens (primary N) is 1. The largest absolute Gasteiger partial charge is 0.336 e. The molecule has 0 aliphatic rings. The van der Waals surface area contributed by atoms with Gasteiger partial charge in [0.2, 0.25) is 5.91 Å². The molecule has 0 radical (unpaired) electrons. The minimum absolute atomic E-state index is 0.0485. The van der Waals surface area contributed by atoms with Gasteiger partial charge in [-0.15, -0.1) is 0 Å². The van der Waals surface area contributed by atoms with E-state index >= 15 is 0 Å². The molecule has 0 fully saturated rings. The Hall–Kier alpha value is -0.870. The minimum atomic E-state index is -0.0803. The molecule has 0 spiro atoms. The van der Waals surface area contributed by atoms with Crippen molar-refractivity contribution < 1.29 is 4.79 Å². The molecule has 0 heterocycles. The van der Waals surface area contributed by atoms with Gasteiger partial charge >= 0.3 is 0 Å². The van der Waals surface area contributed by atoms with Gasteiger partial charge in [0.15, 0.2) is 0 Å². The molecular formula is C17H27BrN2O. The molecule has 0 aromatic heterocycles. The van der Waals surface area contributed by atoms with Crippen molar-refractivity contribution in [2.75, 3.05) is 6.54 Å². The van der Waals surface area contributed by atoms with Crippen molar-refractivity contribution >= 4 is 21.8 Å². The molecule has 2 N–H and O–H groups in total. The summed E-state index contributed by atoms with van der Waals surface area (Å²) < 4.78 is 1.04. The summed E-state index contributed by atoms with van der Waals surface area (Å²) in [5.74, 6) is 0.456. The van der Waals surface area contributed by atoms with Crippen molar-refractivity contribution in [3.63, 3.8) is 0 Å². The number of benzene rings is 1. The predicted molar refractivity (Wildman–Crippen MR) is 92.0 cm³/mol. The number of amides is 1. The molecule has 0 aliphatic carbocycles. The second-order valence-electron chi connectivity index (χ2n) is 5.90. The zero-order valence-electron chi connectivity index (χ0n) is 13.5. The van der Waals surface area contributed by atoms with Crippen molar-refractivity contribution in [1.82, 2.24) is 4.90 Å². The molecule has 118 valence electrons. The zero-order valence-corrected chi connectivity index (χ0v) is 15.1. The number of carbonyl (C=O) groups excluding carboxylic acids is 1. The van der Waals surface area contributed by atoms with Crippen LogP contribution in [0.3, 0.4) is 0 Å². The first-order chi connectivity index (χ1) is 9.88. The summed E-state index contributed by atoms with van der Waals surface area (Å²) in [6, 6.07) is 8.04. The standard InChI is InChI=1S/C17H27BrN2O/c1-5-10-20(17(21)11-16(19)12(2)3)13(4)14-8-6-7-9-15(14)18/h6-9,12-13,16H,5,10-11,19H2,1-4H3. The highest BCUT2D eigenvalue weighted by Crippen LogP contribution is 2.28. The van der Waals surface area contributed by atoms with Crippen LogP contribution in [0.5, 0.6) is 0 Å². The monoisotopic (exact) mass is 354 g/mol.